The standard InChI is InChI=1S/C21H25ClN2O3S/c1-14-11-15(2)13-24(12-14)28(26,27)18-9-7-17(8-10-18)21(25)23-20-6-4-5-19(22)16(20)3/h4-10,14-15H,11-13H2,1-3H3,(H,23,25)/t14-,15+. The molecule has 7 heteroatoms. The van der Waals surface area contributed by atoms with E-state index in [-0.39, 0.29) is 10.8 Å². The Balaban J connectivity index is 1.77. The van der Waals surface area contributed by atoms with Crippen molar-refractivity contribution < 1.29 is 13.2 Å². The second-order valence-electron chi connectivity index (χ2n) is 7.66. The minimum atomic E-state index is -3.56. The highest BCUT2D eigenvalue weighted by atomic mass is 35.5. The van der Waals surface area contributed by atoms with Crippen LogP contribution < -0.4 is 5.32 Å². The van der Waals surface area contributed by atoms with Gasteiger partial charge in [-0.2, -0.15) is 4.31 Å². The first-order valence-corrected chi connectivity index (χ1v) is 11.2. The van der Waals surface area contributed by atoms with Crippen LogP contribution in [0, 0.1) is 18.8 Å². The van der Waals surface area contributed by atoms with Crippen LogP contribution in [0.3, 0.4) is 0 Å². The van der Waals surface area contributed by atoms with Gasteiger partial charge in [0.15, 0.2) is 0 Å². The third-order valence-electron chi connectivity index (χ3n) is 5.11. The summed E-state index contributed by atoms with van der Waals surface area (Å²) >= 11 is 6.09. The lowest BCUT2D eigenvalue weighted by molar-refractivity contribution is 0.102. The van der Waals surface area contributed by atoms with E-state index in [2.05, 4.69) is 19.2 Å². The van der Waals surface area contributed by atoms with Crippen LogP contribution in [0.2, 0.25) is 5.02 Å². The van der Waals surface area contributed by atoms with Crippen molar-refractivity contribution in [3.63, 3.8) is 0 Å². The summed E-state index contributed by atoms with van der Waals surface area (Å²) in [5.74, 6) is 0.364. The molecule has 3 rings (SSSR count). The SMILES string of the molecule is Cc1c(Cl)cccc1NC(=O)c1ccc(S(=O)(=O)N2C[C@H](C)C[C@H](C)C2)cc1. The zero-order valence-electron chi connectivity index (χ0n) is 16.3. The van der Waals surface area contributed by atoms with E-state index in [9.17, 15) is 13.2 Å². The molecule has 1 fully saturated rings. The van der Waals surface area contributed by atoms with Gasteiger partial charge in [-0.1, -0.05) is 31.5 Å². The normalized spacial score (nSPS) is 20.7. The second kappa shape index (κ2) is 8.23. The van der Waals surface area contributed by atoms with Gasteiger partial charge in [0.1, 0.15) is 0 Å². The van der Waals surface area contributed by atoms with Crippen molar-refractivity contribution in [2.75, 3.05) is 18.4 Å². The molecule has 0 radical (unpaired) electrons. The third kappa shape index (κ3) is 4.40. The number of halogens is 1. The minimum Gasteiger partial charge on any atom is -0.322 e. The topological polar surface area (TPSA) is 66.5 Å². The van der Waals surface area contributed by atoms with E-state index in [0.29, 0.717) is 41.2 Å². The largest absolute Gasteiger partial charge is 0.322 e. The molecule has 1 saturated heterocycles. The molecule has 1 N–H and O–H groups in total. The quantitative estimate of drug-likeness (QED) is 0.787. The van der Waals surface area contributed by atoms with E-state index in [0.717, 1.165) is 12.0 Å². The number of carbonyl (C=O) groups is 1. The third-order valence-corrected chi connectivity index (χ3v) is 7.36. The summed E-state index contributed by atoms with van der Waals surface area (Å²) in [7, 11) is -3.56. The van der Waals surface area contributed by atoms with Gasteiger partial charge in [-0.05, 0) is 67.1 Å². The van der Waals surface area contributed by atoms with E-state index in [1.54, 1.807) is 34.6 Å². The van der Waals surface area contributed by atoms with Crippen molar-refractivity contribution >= 4 is 33.2 Å². The lowest BCUT2D eigenvalue weighted by Crippen LogP contribution is -2.42. The number of anilines is 1. The molecule has 2 atom stereocenters. The van der Waals surface area contributed by atoms with E-state index in [4.69, 9.17) is 11.6 Å². The van der Waals surface area contributed by atoms with Gasteiger partial charge in [0.25, 0.3) is 5.91 Å². The van der Waals surface area contributed by atoms with Gasteiger partial charge in [-0.25, -0.2) is 8.42 Å². The molecular weight excluding hydrogens is 396 g/mol. The predicted octanol–water partition coefficient (Wildman–Crippen LogP) is 4.57. The Labute approximate surface area is 171 Å². The average Bonchev–Trinajstić information content (AvgIpc) is 2.64. The van der Waals surface area contributed by atoms with Crippen LogP contribution in [0.5, 0.6) is 0 Å². The Morgan fingerprint density at radius 3 is 2.29 bits per heavy atom. The van der Waals surface area contributed by atoms with Gasteiger partial charge in [-0.3, -0.25) is 4.79 Å². The maximum absolute atomic E-state index is 12.9. The van der Waals surface area contributed by atoms with Gasteiger partial charge in [0.05, 0.1) is 4.90 Å². The minimum absolute atomic E-state index is 0.212. The number of amides is 1. The van der Waals surface area contributed by atoms with Crippen molar-refractivity contribution in [3.8, 4) is 0 Å². The molecule has 0 bridgehead atoms. The molecule has 28 heavy (non-hydrogen) atoms. The molecule has 0 unspecified atom stereocenters. The van der Waals surface area contributed by atoms with Gasteiger partial charge < -0.3 is 5.32 Å². The molecule has 1 amide bonds. The first kappa shape index (κ1) is 20.8. The number of sulfonamides is 1. The molecule has 1 aliphatic heterocycles. The monoisotopic (exact) mass is 420 g/mol. The molecule has 0 saturated carbocycles. The highest BCUT2D eigenvalue weighted by Crippen LogP contribution is 2.27. The summed E-state index contributed by atoms with van der Waals surface area (Å²) in [4.78, 5) is 12.7. The van der Waals surface area contributed by atoms with Gasteiger partial charge in [-0.15, -0.1) is 0 Å². The molecule has 2 aromatic rings. The Morgan fingerprint density at radius 2 is 1.68 bits per heavy atom. The van der Waals surface area contributed by atoms with Crippen molar-refractivity contribution in [3.05, 3.63) is 58.6 Å². The fourth-order valence-electron chi connectivity index (χ4n) is 3.67. The predicted molar refractivity (Wildman–Crippen MR) is 112 cm³/mol. The number of carbonyl (C=O) groups excluding carboxylic acids is 1. The smallest absolute Gasteiger partial charge is 0.255 e. The Bertz CT molecular complexity index is 964. The maximum atomic E-state index is 12.9. The summed E-state index contributed by atoms with van der Waals surface area (Å²) in [6.07, 6.45) is 1.04. The first-order valence-electron chi connectivity index (χ1n) is 9.35. The summed E-state index contributed by atoms with van der Waals surface area (Å²) in [5, 5.41) is 3.39. The number of benzene rings is 2. The van der Waals surface area contributed by atoms with Crippen molar-refractivity contribution in [2.45, 2.75) is 32.1 Å². The van der Waals surface area contributed by atoms with Crippen LogP contribution in [0.1, 0.15) is 36.2 Å². The molecule has 5 nitrogen and oxygen atoms in total. The van der Waals surface area contributed by atoms with E-state index in [1.165, 1.54) is 12.1 Å². The molecule has 1 heterocycles. The van der Waals surface area contributed by atoms with Gasteiger partial charge in [0.2, 0.25) is 10.0 Å². The van der Waals surface area contributed by atoms with Crippen molar-refractivity contribution in [1.82, 2.24) is 4.31 Å². The zero-order chi connectivity index (χ0) is 20.5. The maximum Gasteiger partial charge on any atom is 0.255 e. The summed E-state index contributed by atoms with van der Waals surface area (Å²) in [6, 6.07) is 11.4. The fraction of sp³-hybridized carbons (Fsp3) is 0.381. The molecule has 0 aromatic heterocycles. The highest BCUT2D eigenvalue weighted by molar-refractivity contribution is 7.89. The fourth-order valence-corrected chi connectivity index (χ4v) is 5.52. The molecular formula is C21H25ClN2O3S. The Morgan fingerprint density at radius 1 is 1.07 bits per heavy atom. The number of nitrogens with one attached hydrogen (secondary N) is 1. The zero-order valence-corrected chi connectivity index (χ0v) is 17.8. The van der Waals surface area contributed by atoms with Gasteiger partial charge >= 0.3 is 0 Å². The van der Waals surface area contributed by atoms with Gasteiger partial charge in [0, 0.05) is 29.4 Å². The molecule has 1 aliphatic rings. The lowest BCUT2D eigenvalue weighted by atomic mass is 9.94. The summed E-state index contributed by atoms with van der Waals surface area (Å²) in [5.41, 5.74) is 1.80. The van der Waals surface area contributed by atoms with E-state index >= 15 is 0 Å². The van der Waals surface area contributed by atoms with Crippen molar-refractivity contribution in [2.24, 2.45) is 11.8 Å². The summed E-state index contributed by atoms with van der Waals surface area (Å²) in [6.45, 7) is 7.03. The van der Waals surface area contributed by atoms with E-state index < -0.39 is 10.0 Å². The second-order valence-corrected chi connectivity index (χ2v) is 10.0. The number of nitrogens with zero attached hydrogens (tertiary/aromatic N) is 1. The number of hydrogen-bond donors (Lipinski definition) is 1. The van der Waals surface area contributed by atoms with Crippen LogP contribution in [0.15, 0.2) is 47.4 Å². The van der Waals surface area contributed by atoms with Crippen LogP contribution in [-0.4, -0.2) is 31.7 Å². The number of rotatable bonds is 4. The Hall–Kier alpha value is -1.89. The lowest BCUT2D eigenvalue weighted by Gasteiger charge is -2.34. The highest BCUT2D eigenvalue weighted by Gasteiger charge is 2.31. The van der Waals surface area contributed by atoms with Crippen LogP contribution in [0.4, 0.5) is 5.69 Å². The Kier molecular flexibility index (Phi) is 6.12. The van der Waals surface area contributed by atoms with Crippen LogP contribution >= 0.6 is 11.6 Å². The van der Waals surface area contributed by atoms with Crippen LogP contribution in [-0.2, 0) is 10.0 Å². The number of hydrogen-bond acceptors (Lipinski definition) is 3. The van der Waals surface area contributed by atoms with Crippen molar-refractivity contribution in [1.29, 1.82) is 0 Å². The molecule has 2 aromatic carbocycles. The molecule has 0 aliphatic carbocycles. The average molecular weight is 421 g/mol. The molecule has 150 valence electrons. The van der Waals surface area contributed by atoms with E-state index in [1.807, 2.05) is 6.92 Å². The molecule has 0 spiro atoms. The van der Waals surface area contributed by atoms with Crippen LogP contribution in [0.25, 0.3) is 0 Å². The number of piperidine rings is 1. The first-order chi connectivity index (χ1) is 13.2. The summed E-state index contributed by atoms with van der Waals surface area (Å²) < 4.78 is 27.4.